The summed E-state index contributed by atoms with van der Waals surface area (Å²) in [5.74, 6) is 0. The average molecular weight is 354 g/mol. The molecule has 2 atom stereocenters. The molecule has 20 heavy (non-hydrogen) atoms. The van der Waals surface area contributed by atoms with Crippen molar-refractivity contribution in [3.05, 3.63) is 33.6 Å². The summed E-state index contributed by atoms with van der Waals surface area (Å²) in [5.41, 5.74) is 1.42. The lowest BCUT2D eigenvalue weighted by molar-refractivity contribution is 0.0949. The fourth-order valence-corrected chi connectivity index (χ4v) is 4.65. The SMILES string of the molecule is CCNC(CC1CCCO1)c1csc2c(Br)cccc12. The molecule has 0 saturated carbocycles. The zero-order valence-corrected chi connectivity index (χ0v) is 14.1. The summed E-state index contributed by atoms with van der Waals surface area (Å²) in [6, 6.07) is 6.86. The fourth-order valence-electron chi connectivity index (χ4n) is 2.97. The first-order valence-electron chi connectivity index (χ1n) is 7.30. The summed E-state index contributed by atoms with van der Waals surface area (Å²) in [4.78, 5) is 0. The van der Waals surface area contributed by atoms with Crippen LogP contribution in [-0.4, -0.2) is 19.3 Å². The summed E-state index contributed by atoms with van der Waals surface area (Å²) in [6.45, 7) is 4.09. The van der Waals surface area contributed by atoms with Gasteiger partial charge in [0.15, 0.2) is 0 Å². The molecule has 4 heteroatoms. The number of halogens is 1. The molecule has 2 nitrogen and oxygen atoms in total. The smallest absolute Gasteiger partial charge is 0.0594 e. The number of hydrogen-bond acceptors (Lipinski definition) is 3. The molecule has 2 aromatic rings. The number of nitrogens with one attached hydrogen (secondary N) is 1. The van der Waals surface area contributed by atoms with Crippen LogP contribution in [0.4, 0.5) is 0 Å². The minimum Gasteiger partial charge on any atom is -0.378 e. The van der Waals surface area contributed by atoms with Crippen LogP contribution in [0.3, 0.4) is 0 Å². The maximum Gasteiger partial charge on any atom is 0.0594 e. The molecule has 0 aliphatic carbocycles. The molecule has 2 heterocycles. The maximum absolute atomic E-state index is 5.82. The van der Waals surface area contributed by atoms with E-state index in [0.29, 0.717) is 12.1 Å². The lowest BCUT2D eigenvalue weighted by atomic mass is 9.98. The van der Waals surface area contributed by atoms with Gasteiger partial charge in [0.25, 0.3) is 0 Å². The first kappa shape index (κ1) is 14.5. The highest BCUT2D eigenvalue weighted by Gasteiger charge is 2.23. The largest absolute Gasteiger partial charge is 0.378 e. The molecule has 0 bridgehead atoms. The van der Waals surface area contributed by atoms with E-state index in [9.17, 15) is 0 Å². The molecule has 1 N–H and O–H groups in total. The van der Waals surface area contributed by atoms with Crippen molar-refractivity contribution in [3.8, 4) is 0 Å². The summed E-state index contributed by atoms with van der Waals surface area (Å²) in [6.07, 6.45) is 3.90. The third-order valence-corrected chi connectivity index (χ3v) is 5.90. The number of thiophene rings is 1. The van der Waals surface area contributed by atoms with Gasteiger partial charge in [-0.3, -0.25) is 0 Å². The maximum atomic E-state index is 5.82. The monoisotopic (exact) mass is 353 g/mol. The van der Waals surface area contributed by atoms with Crippen LogP contribution in [0.15, 0.2) is 28.1 Å². The van der Waals surface area contributed by atoms with Crippen molar-refractivity contribution in [3.63, 3.8) is 0 Å². The third-order valence-electron chi connectivity index (χ3n) is 3.93. The van der Waals surface area contributed by atoms with Gasteiger partial charge in [-0.05, 0) is 64.1 Å². The summed E-state index contributed by atoms with van der Waals surface area (Å²) in [5, 5.41) is 7.31. The molecule has 0 spiro atoms. The topological polar surface area (TPSA) is 21.3 Å². The van der Waals surface area contributed by atoms with Gasteiger partial charge in [-0.15, -0.1) is 11.3 Å². The van der Waals surface area contributed by atoms with E-state index in [1.54, 1.807) is 0 Å². The van der Waals surface area contributed by atoms with Crippen molar-refractivity contribution in [2.24, 2.45) is 0 Å². The third kappa shape index (κ3) is 2.93. The summed E-state index contributed by atoms with van der Waals surface area (Å²) in [7, 11) is 0. The van der Waals surface area contributed by atoms with Gasteiger partial charge >= 0.3 is 0 Å². The Kier molecular flexibility index (Phi) is 4.76. The van der Waals surface area contributed by atoms with Crippen LogP contribution in [0, 0.1) is 0 Å². The van der Waals surface area contributed by atoms with Crippen molar-refractivity contribution in [2.45, 2.75) is 38.3 Å². The van der Waals surface area contributed by atoms with E-state index >= 15 is 0 Å². The first-order chi connectivity index (χ1) is 9.79. The van der Waals surface area contributed by atoms with Gasteiger partial charge in [0.2, 0.25) is 0 Å². The zero-order chi connectivity index (χ0) is 13.9. The molecule has 1 aliphatic rings. The first-order valence-corrected chi connectivity index (χ1v) is 8.97. The van der Waals surface area contributed by atoms with Crippen LogP contribution in [-0.2, 0) is 4.74 Å². The predicted octanol–water partition coefficient (Wildman–Crippen LogP) is 4.88. The Bertz CT molecular complexity index is 577. The van der Waals surface area contributed by atoms with E-state index in [0.717, 1.165) is 19.6 Å². The van der Waals surface area contributed by atoms with Crippen LogP contribution in [0.1, 0.15) is 37.8 Å². The second-order valence-electron chi connectivity index (χ2n) is 5.29. The summed E-state index contributed by atoms with van der Waals surface area (Å²) < 4.78 is 8.36. The Hall–Kier alpha value is -0.420. The lowest BCUT2D eigenvalue weighted by Gasteiger charge is -2.21. The van der Waals surface area contributed by atoms with Gasteiger partial charge in [-0.1, -0.05) is 19.1 Å². The highest BCUT2D eigenvalue weighted by molar-refractivity contribution is 9.10. The van der Waals surface area contributed by atoms with Gasteiger partial charge in [0.1, 0.15) is 0 Å². The highest BCUT2D eigenvalue weighted by Crippen LogP contribution is 2.37. The summed E-state index contributed by atoms with van der Waals surface area (Å²) >= 11 is 5.48. The fraction of sp³-hybridized carbons (Fsp3) is 0.500. The van der Waals surface area contributed by atoms with Gasteiger partial charge in [0.05, 0.1) is 6.10 Å². The second kappa shape index (κ2) is 6.56. The predicted molar refractivity (Wildman–Crippen MR) is 89.5 cm³/mol. The normalized spacial score (nSPS) is 20.6. The molecule has 1 saturated heterocycles. The standard InChI is InChI=1S/C16H20BrNOS/c1-2-18-15(9-11-5-4-8-19-11)13-10-20-16-12(13)6-3-7-14(16)17/h3,6-7,10-11,15,18H,2,4-5,8-9H2,1H3. The number of fused-ring (bicyclic) bond motifs is 1. The minimum absolute atomic E-state index is 0.395. The van der Waals surface area contributed by atoms with Crippen LogP contribution in [0.5, 0.6) is 0 Å². The van der Waals surface area contributed by atoms with Crippen LogP contribution in [0.2, 0.25) is 0 Å². The van der Waals surface area contributed by atoms with Crippen molar-refractivity contribution in [1.82, 2.24) is 5.32 Å². The van der Waals surface area contributed by atoms with E-state index in [2.05, 4.69) is 51.7 Å². The van der Waals surface area contributed by atoms with E-state index in [-0.39, 0.29) is 0 Å². The van der Waals surface area contributed by atoms with Crippen LogP contribution >= 0.6 is 27.3 Å². The molecule has 1 fully saturated rings. The Morgan fingerprint density at radius 1 is 1.50 bits per heavy atom. The molecular formula is C16H20BrNOS. The second-order valence-corrected chi connectivity index (χ2v) is 7.02. The van der Waals surface area contributed by atoms with Crippen molar-refractivity contribution in [1.29, 1.82) is 0 Å². The van der Waals surface area contributed by atoms with Gasteiger partial charge < -0.3 is 10.1 Å². The lowest BCUT2D eigenvalue weighted by Crippen LogP contribution is -2.25. The molecule has 108 valence electrons. The highest BCUT2D eigenvalue weighted by atomic mass is 79.9. The average Bonchev–Trinajstić information content (AvgIpc) is 3.07. The van der Waals surface area contributed by atoms with Gasteiger partial charge in [-0.25, -0.2) is 0 Å². The Morgan fingerprint density at radius 3 is 3.15 bits per heavy atom. The molecule has 1 aromatic heterocycles. The molecule has 0 radical (unpaired) electrons. The Morgan fingerprint density at radius 2 is 2.40 bits per heavy atom. The number of rotatable bonds is 5. The van der Waals surface area contributed by atoms with Gasteiger partial charge in [-0.2, -0.15) is 0 Å². The van der Waals surface area contributed by atoms with E-state index in [1.165, 1.54) is 33.0 Å². The molecule has 1 aliphatic heterocycles. The number of benzene rings is 1. The van der Waals surface area contributed by atoms with Crippen molar-refractivity contribution >= 4 is 37.4 Å². The van der Waals surface area contributed by atoms with Gasteiger partial charge in [0, 0.05) is 21.8 Å². The molecule has 3 rings (SSSR count). The van der Waals surface area contributed by atoms with E-state index in [1.807, 2.05) is 11.3 Å². The van der Waals surface area contributed by atoms with E-state index in [4.69, 9.17) is 4.74 Å². The number of ether oxygens (including phenoxy) is 1. The van der Waals surface area contributed by atoms with Crippen LogP contribution < -0.4 is 5.32 Å². The minimum atomic E-state index is 0.395. The van der Waals surface area contributed by atoms with Crippen molar-refractivity contribution in [2.75, 3.05) is 13.2 Å². The quantitative estimate of drug-likeness (QED) is 0.826. The van der Waals surface area contributed by atoms with Crippen molar-refractivity contribution < 1.29 is 4.74 Å². The molecular weight excluding hydrogens is 334 g/mol. The Balaban J connectivity index is 1.90. The molecule has 0 amide bonds. The van der Waals surface area contributed by atoms with E-state index < -0.39 is 0 Å². The Labute approximate surface area is 132 Å². The molecule has 1 aromatic carbocycles. The number of hydrogen-bond donors (Lipinski definition) is 1. The van der Waals surface area contributed by atoms with Crippen LogP contribution in [0.25, 0.3) is 10.1 Å². The zero-order valence-electron chi connectivity index (χ0n) is 11.7. The molecule has 2 unspecified atom stereocenters.